The molecular weight excluding hydrogens is 372 g/mol. The first-order valence-electron chi connectivity index (χ1n) is 9.20. The summed E-state index contributed by atoms with van der Waals surface area (Å²) in [6, 6.07) is 11.2. The Morgan fingerprint density at radius 1 is 1.18 bits per heavy atom. The van der Waals surface area contributed by atoms with Crippen LogP contribution < -0.4 is 0 Å². The van der Waals surface area contributed by atoms with Crippen LogP contribution in [0.2, 0.25) is 0 Å². The third-order valence-electron chi connectivity index (χ3n) is 4.56. The molecule has 0 aliphatic rings. The molecule has 0 radical (unpaired) electrons. The van der Waals surface area contributed by atoms with Crippen molar-refractivity contribution in [3.63, 3.8) is 0 Å². The number of aromatic nitrogens is 2. The van der Waals surface area contributed by atoms with Gasteiger partial charge in [-0.25, -0.2) is 4.98 Å². The van der Waals surface area contributed by atoms with E-state index in [2.05, 4.69) is 23.8 Å². The number of carbonyl (C=O) groups is 2. The number of hydrogen-bond donors (Lipinski definition) is 0. The Balaban J connectivity index is 1.51. The second-order valence-corrected chi connectivity index (χ2v) is 7.44. The summed E-state index contributed by atoms with van der Waals surface area (Å²) < 4.78 is 5.14. The number of ether oxygens (including phenoxy) is 1. The monoisotopic (exact) mass is 394 g/mol. The maximum atomic E-state index is 12.2. The average molecular weight is 394 g/mol. The normalized spacial score (nSPS) is 11.8. The van der Waals surface area contributed by atoms with Gasteiger partial charge in [0.1, 0.15) is 5.01 Å². The lowest BCUT2D eigenvalue weighted by molar-refractivity contribution is -0.141. The maximum absolute atomic E-state index is 12.2. The number of pyridine rings is 1. The Labute approximate surface area is 168 Å². The van der Waals surface area contributed by atoms with Gasteiger partial charge in [-0.2, -0.15) is 0 Å². The number of benzene rings is 1. The molecule has 6 heteroatoms. The molecule has 2 aromatic heterocycles. The summed E-state index contributed by atoms with van der Waals surface area (Å²) in [4.78, 5) is 32.8. The fourth-order valence-corrected chi connectivity index (χ4v) is 3.48. The third kappa shape index (κ3) is 5.10. The van der Waals surface area contributed by atoms with Crippen molar-refractivity contribution < 1.29 is 14.3 Å². The molecule has 28 heavy (non-hydrogen) atoms. The summed E-state index contributed by atoms with van der Waals surface area (Å²) in [6.45, 7) is 4.02. The Kier molecular flexibility index (Phi) is 6.66. The van der Waals surface area contributed by atoms with Crippen molar-refractivity contribution in [2.24, 2.45) is 0 Å². The van der Waals surface area contributed by atoms with Crippen molar-refractivity contribution in [1.82, 2.24) is 9.97 Å². The van der Waals surface area contributed by atoms with E-state index in [0.29, 0.717) is 17.2 Å². The molecule has 144 valence electrons. The van der Waals surface area contributed by atoms with E-state index in [0.717, 1.165) is 17.0 Å². The van der Waals surface area contributed by atoms with Crippen molar-refractivity contribution in [3.05, 3.63) is 71.0 Å². The minimum atomic E-state index is -0.465. The molecule has 1 aromatic carbocycles. The van der Waals surface area contributed by atoms with Crippen molar-refractivity contribution in [1.29, 1.82) is 0 Å². The number of nitrogens with zero attached hydrogens (tertiary/aromatic N) is 2. The first kappa shape index (κ1) is 19.9. The second-order valence-electron chi connectivity index (χ2n) is 6.58. The molecule has 0 fully saturated rings. The highest BCUT2D eigenvalue weighted by Gasteiger charge is 2.13. The lowest BCUT2D eigenvalue weighted by Crippen LogP contribution is -2.16. The molecule has 0 aliphatic heterocycles. The van der Waals surface area contributed by atoms with Crippen LogP contribution >= 0.6 is 11.3 Å². The molecule has 3 rings (SSSR count). The lowest BCUT2D eigenvalue weighted by Gasteiger charge is -2.09. The Morgan fingerprint density at radius 2 is 1.96 bits per heavy atom. The minimum Gasteiger partial charge on any atom is -0.457 e. The van der Waals surface area contributed by atoms with E-state index < -0.39 is 5.97 Å². The maximum Gasteiger partial charge on any atom is 0.312 e. The second kappa shape index (κ2) is 9.37. The van der Waals surface area contributed by atoms with Crippen LogP contribution in [0.1, 0.15) is 47.8 Å². The molecule has 0 aliphatic carbocycles. The topological polar surface area (TPSA) is 69.2 Å². The minimum absolute atomic E-state index is 0.0387. The van der Waals surface area contributed by atoms with Gasteiger partial charge in [-0.05, 0) is 30.0 Å². The summed E-state index contributed by atoms with van der Waals surface area (Å²) >= 11 is 1.45. The highest BCUT2D eigenvalue weighted by Crippen LogP contribution is 2.23. The highest BCUT2D eigenvalue weighted by atomic mass is 32.1. The predicted octanol–water partition coefficient (Wildman–Crippen LogP) is 4.69. The van der Waals surface area contributed by atoms with Crippen molar-refractivity contribution in [2.45, 2.75) is 32.6 Å². The molecule has 5 nitrogen and oxygen atoms in total. The van der Waals surface area contributed by atoms with Gasteiger partial charge in [0.25, 0.3) is 0 Å². The first-order valence-corrected chi connectivity index (χ1v) is 10.1. The zero-order chi connectivity index (χ0) is 19.9. The SMILES string of the molecule is CC[C@H](C)c1ccc(C(=O)COC(=O)Cc2csc(-c3cccnc3)n2)cc1. The largest absolute Gasteiger partial charge is 0.457 e. The standard InChI is InChI=1S/C22H22N2O3S/c1-3-15(2)16-6-8-17(9-7-16)20(25)13-27-21(26)11-19-14-28-22(24-19)18-5-4-10-23-12-18/h4-10,12,14-15H,3,11,13H2,1-2H3/t15-/m0/s1. The van der Waals surface area contributed by atoms with Crippen molar-refractivity contribution in [3.8, 4) is 10.6 Å². The first-order chi connectivity index (χ1) is 13.6. The van der Waals surface area contributed by atoms with Gasteiger partial charge in [-0.1, -0.05) is 38.1 Å². The van der Waals surface area contributed by atoms with Gasteiger partial charge in [0.05, 0.1) is 12.1 Å². The molecular formula is C22H22N2O3S. The molecule has 3 aromatic rings. The lowest BCUT2D eigenvalue weighted by atomic mass is 9.97. The van der Waals surface area contributed by atoms with Gasteiger partial charge in [-0.15, -0.1) is 11.3 Å². The van der Waals surface area contributed by atoms with Gasteiger partial charge in [0.15, 0.2) is 12.4 Å². The molecule has 0 saturated heterocycles. The molecule has 0 bridgehead atoms. The molecule has 0 unspecified atom stereocenters. The summed E-state index contributed by atoms with van der Waals surface area (Å²) in [5, 5.41) is 2.62. The zero-order valence-corrected chi connectivity index (χ0v) is 16.7. The van der Waals surface area contributed by atoms with E-state index in [1.807, 2.05) is 29.6 Å². The van der Waals surface area contributed by atoms with E-state index in [1.165, 1.54) is 16.9 Å². The van der Waals surface area contributed by atoms with Crippen molar-refractivity contribution >= 4 is 23.1 Å². The van der Waals surface area contributed by atoms with Crippen LogP contribution in [-0.2, 0) is 16.0 Å². The fraction of sp³-hybridized carbons (Fsp3) is 0.273. The number of Topliss-reactive ketones (excluding diaryl/α,β-unsaturated/α-hetero) is 1. The molecule has 0 saturated carbocycles. The third-order valence-corrected chi connectivity index (χ3v) is 5.50. The van der Waals surface area contributed by atoms with Crippen LogP contribution in [-0.4, -0.2) is 28.3 Å². The average Bonchev–Trinajstić information content (AvgIpc) is 3.20. The van der Waals surface area contributed by atoms with E-state index in [9.17, 15) is 9.59 Å². The molecule has 1 atom stereocenters. The Hall–Kier alpha value is -2.86. The highest BCUT2D eigenvalue weighted by molar-refractivity contribution is 7.13. The van der Waals surface area contributed by atoms with E-state index in [-0.39, 0.29) is 18.8 Å². The quantitative estimate of drug-likeness (QED) is 0.410. The number of ketones is 1. The van der Waals surface area contributed by atoms with Gasteiger partial charge in [0.2, 0.25) is 0 Å². The van der Waals surface area contributed by atoms with Gasteiger partial charge in [-0.3, -0.25) is 14.6 Å². The predicted molar refractivity (Wildman–Crippen MR) is 109 cm³/mol. The fourth-order valence-electron chi connectivity index (χ4n) is 2.67. The number of carbonyl (C=O) groups excluding carboxylic acids is 2. The summed E-state index contributed by atoms with van der Waals surface area (Å²) in [7, 11) is 0. The smallest absolute Gasteiger partial charge is 0.312 e. The summed E-state index contributed by atoms with van der Waals surface area (Å²) in [5.74, 6) is -0.220. The zero-order valence-electron chi connectivity index (χ0n) is 15.9. The van der Waals surface area contributed by atoms with E-state index in [1.54, 1.807) is 24.5 Å². The van der Waals surface area contributed by atoms with E-state index >= 15 is 0 Å². The Bertz CT molecular complexity index is 936. The van der Waals surface area contributed by atoms with Crippen LogP contribution in [0.25, 0.3) is 10.6 Å². The Morgan fingerprint density at radius 3 is 2.64 bits per heavy atom. The van der Waals surface area contributed by atoms with Crippen molar-refractivity contribution in [2.75, 3.05) is 6.61 Å². The van der Waals surface area contributed by atoms with Crippen LogP contribution in [0.15, 0.2) is 54.2 Å². The number of rotatable bonds is 8. The summed E-state index contributed by atoms with van der Waals surface area (Å²) in [5.41, 5.74) is 3.28. The molecule has 0 N–H and O–H groups in total. The van der Waals surface area contributed by atoms with E-state index in [4.69, 9.17) is 4.74 Å². The number of hydrogen-bond acceptors (Lipinski definition) is 6. The van der Waals surface area contributed by atoms with Gasteiger partial charge < -0.3 is 4.74 Å². The summed E-state index contributed by atoms with van der Waals surface area (Å²) in [6.07, 6.45) is 4.51. The van der Waals surface area contributed by atoms with Crippen LogP contribution in [0.4, 0.5) is 0 Å². The van der Waals surface area contributed by atoms with Crippen LogP contribution in [0.3, 0.4) is 0 Å². The number of esters is 1. The van der Waals surface area contributed by atoms with Crippen LogP contribution in [0.5, 0.6) is 0 Å². The molecule has 0 spiro atoms. The number of thiazole rings is 1. The van der Waals surface area contributed by atoms with Gasteiger partial charge in [0, 0.05) is 28.9 Å². The molecule has 2 heterocycles. The van der Waals surface area contributed by atoms with Crippen LogP contribution in [0, 0.1) is 0 Å². The van der Waals surface area contributed by atoms with Gasteiger partial charge >= 0.3 is 5.97 Å². The molecule has 0 amide bonds.